The summed E-state index contributed by atoms with van der Waals surface area (Å²) in [5, 5.41) is 5.95. The second-order valence-electron chi connectivity index (χ2n) is 3.80. The lowest BCUT2D eigenvalue weighted by atomic mass is 10.1. The molecule has 0 fully saturated rings. The first-order valence-electron chi connectivity index (χ1n) is 6.07. The van der Waals surface area contributed by atoms with Crippen molar-refractivity contribution in [2.45, 2.75) is 13.3 Å². The molecule has 0 aromatic heterocycles. The number of terminal acetylenes is 1. The maximum absolute atomic E-state index is 13.4. The molecule has 0 aliphatic rings. The van der Waals surface area contributed by atoms with E-state index in [4.69, 9.17) is 6.42 Å². The second kappa shape index (κ2) is 10.4. The molecule has 1 aromatic carbocycles. The third kappa shape index (κ3) is 6.70. The largest absolute Gasteiger partial charge is 0.357 e. The first-order valence-corrected chi connectivity index (χ1v) is 6.07. The van der Waals surface area contributed by atoms with Gasteiger partial charge in [0, 0.05) is 19.2 Å². The zero-order chi connectivity index (χ0) is 14.1. The fraction of sp³-hybridized carbons (Fsp3) is 0.357. The standard InChI is InChI=1S/C14H17F2N3.HI/c1-3-8-18-14(17-4-2)19-9-7-11-5-6-12(15)10-13(11)16;/h1,5-6,10H,4,7-9H2,2H3,(H2,17,18,19);1H. The van der Waals surface area contributed by atoms with Gasteiger partial charge < -0.3 is 10.6 Å². The summed E-state index contributed by atoms with van der Waals surface area (Å²) in [5.41, 5.74) is 0.443. The van der Waals surface area contributed by atoms with Crippen molar-refractivity contribution in [1.82, 2.24) is 10.6 Å². The van der Waals surface area contributed by atoms with Crippen molar-refractivity contribution in [2.75, 3.05) is 19.6 Å². The zero-order valence-electron chi connectivity index (χ0n) is 11.2. The van der Waals surface area contributed by atoms with Crippen LogP contribution in [-0.2, 0) is 6.42 Å². The van der Waals surface area contributed by atoms with Crippen molar-refractivity contribution >= 4 is 29.9 Å². The molecule has 0 saturated carbocycles. The summed E-state index contributed by atoms with van der Waals surface area (Å²) in [6, 6.07) is 3.55. The average Bonchev–Trinajstić information content (AvgIpc) is 2.38. The minimum atomic E-state index is -0.575. The van der Waals surface area contributed by atoms with Gasteiger partial charge in [0.1, 0.15) is 11.6 Å². The van der Waals surface area contributed by atoms with E-state index in [0.717, 1.165) is 6.07 Å². The van der Waals surface area contributed by atoms with Crippen LogP contribution in [0.2, 0.25) is 0 Å². The Hall–Kier alpha value is -1.36. The van der Waals surface area contributed by atoms with E-state index in [1.807, 2.05) is 6.92 Å². The van der Waals surface area contributed by atoms with E-state index < -0.39 is 11.6 Å². The Balaban J connectivity index is 0.00000361. The summed E-state index contributed by atoms with van der Waals surface area (Å²) in [7, 11) is 0. The van der Waals surface area contributed by atoms with E-state index in [-0.39, 0.29) is 24.0 Å². The van der Waals surface area contributed by atoms with Crippen LogP contribution in [0.4, 0.5) is 8.78 Å². The van der Waals surface area contributed by atoms with Crippen molar-refractivity contribution < 1.29 is 8.78 Å². The minimum Gasteiger partial charge on any atom is -0.357 e. The number of hydrogen-bond acceptors (Lipinski definition) is 1. The molecular weight excluding hydrogens is 375 g/mol. The normalized spacial score (nSPS) is 10.4. The van der Waals surface area contributed by atoms with Crippen molar-refractivity contribution in [3.63, 3.8) is 0 Å². The molecule has 0 saturated heterocycles. The third-order valence-electron chi connectivity index (χ3n) is 2.37. The Kier molecular flexibility index (Phi) is 9.72. The highest BCUT2D eigenvalue weighted by molar-refractivity contribution is 14.0. The molecule has 6 heteroatoms. The van der Waals surface area contributed by atoms with Gasteiger partial charge in [-0.25, -0.2) is 8.78 Å². The van der Waals surface area contributed by atoms with Gasteiger partial charge in [-0.15, -0.1) is 30.4 Å². The van der Waals surface area contributed by atoms with Crippen molar-refractivity contribution in [2.24, 2.45) is 4.99 Å². The van der Waals surface area contributed by atoms with Crippen LogP contribution in [0.5, 0.6) is 0 Å². The van der Waals surface area contributed by atoms with Gasteiger partial charge in [-0.2, -0.15) is 0 Å². The maximum atomic E-state index is 13.4. The fourth-order valence-corrected chi connectivity index (χ4v) is 1.49. The van der Waals surface area contributed by atoms with Crippen LogP contribution in [0.3, 0.4) is 0 Å². The quantitative estimate of drug-likeness (QED) is 0.349. The second-order valence-corrected chi connectivity index (χ2v) is 3.80. The van der Waals surface area contributed by atoms with Gasteiger partial charge in [-0.1, -0.05) is 12.0 Å². The molecule has 110 valence electrons. The average molecular weight is 393 g/mol. The topological polar surface area (TPSA) is 36.4 Å². The molecule has 0 amide bonds. The monoisotopic (exact) mass is 393 g/mol. The molecule has 1 aromatic rings. The van der Waals surface area contributed by atoms with Gasteiger partial charge in [0.15, 0.2) is 5.96 Å². The number of rotatable bonds is 5. The van der Waals surface area contributed by atoms with E-state index in [0.29, 0.717) is 37.6 Å². The number of halogens is 3. The van der Waals surface area contributed by atoms with E-state index in [9.17, 15) is 8.78 Å². The van der Waals surface area contributed by atoms with E-state index >= 15 is 0 Å². The Morgan fingerprint density at radius 1 is 1.35 bits per heavy atom. The van der Waals surface area contributed by atoms with E-state index in [1.165, 1.54) is 12.1 Å². The highest BCUT2D eigenvalue weighted by atomic mass is 127. The number of guanidine groups is 1. The van der Waals surface area contributed by atoms with Crippen molar-refractivity contribution in [3.05, 3.63) is 35.4 Å². The maximum Gasteiger partial charge on any atom is 0.192 e. The lowest BCUT2D eigenvalue weighted by Crippen LogP contribution is -2.37. The smallest absolute Gasteiger partial charge is 0.192 e. The molecule has 1 rings (SSSR count). The van der Waals surface area contributed by atoms with Crippen LogP contribution in [0, 0.1) is 24.0 Å². The predicted octanol–water partition coefficient (Wildman–Crippen LogP) is 2.31. The highest BCUT2D eigenvalue weighted by Crippen LogP contribution is 2.09. The van der Waals surface area contributed by atoms with E-state index in [1.54, 1.807) is 0 Å². The van der Waals surface area contributed by atoms with Gasteiger partial charge in [0.25, 0.3) is 0 Å². The Morgan fingerprint density at radius 2 is 2.10 bits per heavy atom. The molecule has 3 nitrogen and oxygen atoms in total. The summed E-state index contributed by atoms with van der Waals surface area (Å²) < 4.78 is 26.1. The van der Waals surface area contributed by atoms with Crippen LogP contribution >= 0.6 is 24.0 Å². The molecule has 0 unspecified atom stereocenters. The minimum absolute atomic E-state index is 0. The van der Waals surface area contributed by atoms with Crippen molar-refractivity contribution in [1.29, 1.82) is 0 Å². The fourth-order valence-electron chi connectivity index (χ4n) is 1.49. The Morgan fingerprint density at radius 3 is 2.70 bits per heavy atom. The Bertz CT molecular complexity index is 484. The molecule has 0 radical (unpaired) electrons. The first kappa shape index (κ1) is 18.6. The lowest BCUT2D eigenvalue weighted by Gasteiger charge is -2.08. The van der Waals surface area contributed by atoms with Crippen LogP contribution in [0.25, 0.3) is 0 Å². The van der Waals surface area contributed by atoms with Gasteiger partial charge in [0.2, 0.25) is 0 Å². The molecule has 0 aliphatic carbocycles. The molecule has 0 spiro atoms. The van der Waals surface area contributed by atoms with Crippen LogP contribution in [0.15, 0.2) is 23.2 Å². The van der Waals surface area contributed by atoms with E-state index in [2.05, 4.69) is 21.5 Å². The third-order valence-corrected chi connectivity index (χ3v) is 2.37. The molecule has 2 N–H and O–H groups in total. The van der Waals surface area contributed by atoms with Gasteiger partial charge >= 0.3 is 0 Å². The number of hydrogen-bond donors (Lipinski definition) is 2. The number of nitrogens with zero attached hydrogens (tertiary/aromatic N) is 1. The lowest BCUT2D eigenvalue weighted by molar-refractivity contribution is 0.572. The van der Waals surface area contributed by atoms with Crippen LogP contribution in [-0.4, -0.2) is 25.6 Å². The highest BCUT2D eigenvalue weighted by Gasteiger charge is 2.03. The number of nitrogens with one attached hydrogen (secondary N) is 2. The van der Waals surface area contributed by atoms with Crippen LogP contribution in [0.1, 0.15) is 12.5 Å². The zero-order valence-corrected chi connectivity index (χ0v) is 13.6. The summed E-state index contributed by atoms with van der Waals surface area (Å²) in [5.74, 6) is 1.91. The summed E-state index contributed by atoms with van der Waals surface area (Å²) in [6.45, 7) is 3.41. The molecule has 0 bridgehead atoms. The molecule has 0 atom stereocenters. The summed E-state index contributed by atoms with van der Waals surface area (Å²) >= 11 is 0. The van der Waals surface area contributed by atoms with Gasteiger partial charge in [-0.3, -0.25) is 4.99 Å². The number of benzene rings is 1. The molecule has 20 heavy (non-hydrogen) atoms. The Labute approximate surface area is 135 Å². The number of aliphatic imine (C=N–C) groups is 1. The van der Waals surface area contributed by atoms with Crippen LogP contribution < -0.4 is 10.6 Å². The van der Waals surface area contributed by atoms with Gasteiger partial charge in [-0.05, 0) is 25.0 Å². The predicted molar refractivity (Wildman–Crippen MR) is 88.3 cm³/mol. The molecule has 0 aliphatic heterocycles. The molecular formula is C14H18F2IN3. The molecule has 0 heterocycles. The first-order chi connectivity index (χ1) is 9.17. The van der Waals surface area contributed by atoms with Gasteiger partial charge in [0.05, 0.1) is 6.54 Å². The summed E-state index contributed by atoms with van der Waals surface area (Å²) in [6.07, 6.45) is 5.55. The van der Waals surface area contributed by atoms with Crippen molar-refractivity contribution in [3.8, 4) is 12.3 Å². The SMILES string of the molecule is C#CCNC(=NCCc1ccc(F)cc1F)NCC.I. The summed E-state index contributed by atoms with van der Waals surface area (Å²) in [4.78, 5) is 4.25.